The fraction of sp³-hybridized carbons (Fsp3) is 1.00. The monoisotopic (exact) mass is 104 g/mol. The van der Waals surface area contributed by atoms with Crippen LogP contribution in [-0.4, -0.2) is 12.0 Å². The van der Waals surface area contributed by atoms with E-state index in [0.717, 1.165) is 0 Å². The molecular weight excluding hydrogens is 95.0 g/mol. The summed E-state index contributed by atoms with van der Waals surface area (Å²) in [5, 5.41) is 0.273. The molecule has 0 spiro atoms. The zero-order chi connectivity index (χ0) is 4.78. The second-order valence-corrected chi connectivity index (χ2v) is 4.29. The van der Waals surface area contributed by atoms with Crippen LogP contribution < -0.4 is 0 Å². The van der Waals surface area contributed by atoms with E-state index in [-0.39, 0.29) is 13.5 Å². The van der Waals surface area contributed by atoms with Crippen LogP contribution in [0.2, 0.25) is 0 Å². The number of hydrogen-bond acceptors (Lipinski definition) is 1. The molecule has 0 aromatic carbocycles. The Kier molecular flexibility index (Phi) is 0.729. The van der Waals surface area contributed by atoms with Gasteiger partial charge < -0.3 is 4.52 Å². The molecule has 1 nitrogen and oxygen atoms in total. The maximum atomic E-state index is 5.17. The maximum absolute atomic E-state index is 5.17. The van der Waals surface area contributed by atoms with Crippen molar-refractivity contribution in [2.24, 2.45) is 0 Å². The molecule has 0 aromatic rings. The highest BCUT2D eigenvalue weighted by molar-refractivity contribution is 7.59. The largest absolute Gasteiger partial charge is 0.344 e. The van der Waals surface area contributed by atoms with Crippen molar-refractivity contribution < 1.29 is 4.52 Å². The molecule has 0 amide bonds. The first-order chi connectivity index (χ1) is 2.63. The van der Waals surface area contributed by atoms with Crippen LogP contribution in [0.25, 0.3) is 0 Å². The predicted octanol–water partition coefficient (Wildman–Crippen LogP) is 1.78. The molecule has 0 aromatic heterocycles. The van der Waals surface area contributed by atoms with E-state index in [1.807, 2.05) is 0 Å². The minimum absolute atomic E-state index is 0.0136. The Hall–Kier alpha value is 0.390. The molecule has 1 fully saturated rings. The molecule has 1 unspecified atom stereocenters. The zero-order valence-electron chi connectivity index (χ0n) is 4.36. The molecule has 1 aliphatic rings. The van der Waals surface area contributed by atoms with Gasteiger partial charge in [-0.05, 0) is 20.5 Å². The molecule has 0 aliphatic carbocycles. The number of hydrogen-bond donors (Lipinski definition) is 0. The average molecular weight is 104 g/mol. The first-order valence-electron chi connectivity index (χ1n) is 2.06. The molecule has 36 valence electrons. The summed E-state index contributed by atoms with van der Waals surface area (Å²) in [7, 11) is -0.0136. The SMILES string of the molecule is CP1OC1(C)C. The zero-order valence-corrected chi connectivity index (χ0v) is 5.25. The van der Waals surface area contributed by atoms with Crippen LogP contribution in [0.5, 0.6) is 0 Å². The highest BCUT2D eigenvalue weighted by atomic mass is 31.2. The van der Waals surface area contributed by atoms with Gasteiger partial charge in [0.25, 0.3) is 0 Å². The van der Waals surface area contributed by atoms with E-state index in [9.17, 15) is 0 Å². The van der Waals surface area contributed by atoms with Gasteiger partial charge in [0.05, 0.1) is 8.15 Å². The van der Waals surface area contributed by atoms with E-state index < -0.39 is 0 Å². The van der Waals surface area contributed by atoms with Gasteiger partial charge in [0.1, 0.15) is 5.34 Å². The van der Waals surface area contributed by atoms with Crippen molar-refractivity contribution in [1.82, 2.24) is 0 Å². The second-order valence-electron chi connectivity index (χ2n) is 2.04. The third-order valence-electron chi connectivity index (χ3n) is 1.09. The van der Waals surface area contributed by atoms with Gasteiger partial charge in [-0.15, -0.1) is 0 Å². The summed E-state index contributed by atoms with van der Waals surface area (Å²) >= 11 is 0. The average Bonchev–Trinajstić information content (AvgIpc) is 1.73. The Balaban J connectivity index is 2.41. The van der Waals surface area contributed by atoms with E-state index in [2.05, 4.69) is 20.5 Å². The Morgan fingerprint density at radius 2 is 1.67 bits per heavy atom. The van der Waals surface area contributed by atoms with Gasteiger partial charge in [-0.25, -0.2) is 0 Å². The van der Waals surface area contributed by atoms with Gasteiger partial charge in [-0.3, -0.25) is 0 Å². The summed E-state index contributed by atoms with van der Waals surface area (Å²) in [4.78, 5) is 0. The summed E-state index contributed by atoms with van der Waals surface area (Å²) in [5.74, 6) is 0. The van der Waals surface area contributed by atoms with Crippen LogP contribution in [0.15, 0.2) is 0 Å². The Morgan fingerprint density at radius 3 is 1.67 bits per heavy atom. The summed E-state index contributed by atoms with van der Waals surface area (Å²) in [6.07, 6.45) is 0. The molecule has 0 radical (unpaired) electrons. The standard InChI is InChI=1S/C4H9OP/c1-4(2)5-6(4)3/h1-3H3. The van der Waals surface area contributed by atoms with E-state index in [1.165, 1.54) is 0 Å². The molecule has 1 heterocycles. The highest BCUT2D eigenvalue weighted by Crippen LogP contribution is 2.67. The fourth-order valence-electron chi connectivity index (χ4n) is 0.315. The third-order valence-corrected chi connectivity index (χ3v) is 3.26. The highest BCUT2D eigenvalue weighted by Gasteiger charge is 2.44. The van der Waals surface area contributed by atoms with Crippen molar-refractivity contribution in [1.29, 1.82) is 0 Å². The Labute approximate surface area is 39.5 Å². The maximum Gasteiger partial charge on any atom is 0.110 e. The molecule has 1 atom stereocenters. The van der Waals surface area contributed by atoms with Crippen LogP contribution in [0.3, 0.4) is 0 Å². The second kappa shape index (κ2) is 0.962. The molecule has 0 saturated carbocycles. The molecule has 0 bridgehead atoms. The smallest absolute Gasteiger partial charge is 0.110 e. The Bertz CT molecular complexity index is 69.9. The van der Waals surface area contributed by atoms with E-state index >= 15 is 0 Å². The van der Waals surface area contributed by atoms with E-state index in [4.69, 9.17) is 4.52 Å². The van der Waals surface area contributed by atoms with Crippen molar-refractivity contribution in [3.63, 3.8) is 0 Å². The Morgan fingerprint density at radius 1 is 1.50 bits per heavy atom. The molecule has 2 heteroatoms. The van der Waals surface area contributed by atoms with Crippen LogP contribution in [0.4, 0.5) is 0 Å². The van der Waals surface area contributed by atoms with E-state index in [0.29, 0.717) is 0 Å². The predicted molar refractivity (Wildman–Crippen MR) is 28.0 cm³/mol. The lowest BCUT2D eigenvalue weighted by molar-refractivity contribution is 0.368. The molecule has 1 aliphatic heterocycles. The van der Waals surface area contributed by atoms with Crippen LogP contribution in [-0.2, 0) is 4.52 Å². The van der Waals surface area contributed by atoms with Crippen molar-refractivity contribution in [3.05, 3.63) is 0 Å². The van der Waals surface area contributed by atoms with Crippen molar-refractivity contribution >= 4 is 8.15 Å². The van der Waals surface area contributed by atoms with Gasteiger partial charge in [-0.2, -0.15) is 0 Å². The van der Waals surface area contributed by atoms with Gasteiger partial charge >= 0.3 is 0 Å². The third kappa shape index (κ3) is 0.572. The van der Waals surface area contributed by atoms with Crippen molar-refractivity contribution in [2.75, 3.05) is 6.66 Å². The van der Waals surface area contributed by atoms with Crippen LogP contribution in [0, 0.1) is 0 Å². The van der Waals surface area contributed by atoms with Crippen molar-refractivity contribution in [2.45, 2.75) is 19.2 Å². The normalized spacial score (nSPS) is 39.5. The van der Waals surface area contributed by atoms with E-state index in [1.54, 1.807) is 0 Å². The summed E-state index contributed by atoms with van der Waals surface area (Å²) in [6, 6.07) is 0. The molecule has 1 rings (SSSR count). The molecule has 6 heavy (non-hydrogen) atoms. The molecule has 1 saturated heterocycles. The summed E-state index contributed by atoms with van der Waals surface area (Å²) in [6.45, 7) is 6.40. The first-order valence-corrected chi connectivity index (χ1v) is 3.76. The van der Waals surface area contributed by atoms with Gasteiger partial charge in [0, 0.05) is 0 Å². The van der Waals surface area contributed by atoms with Gasteiger partial charge in [-0.1, -0.05) is 0 Å². The number of rotatable bonds is 0. The minimum atomic E-state index is -0.0136. The van der Waals surface area contributed by atoms with Crippen LogP contribution in [0.1, 0.15) is 13.8 Å². The lowest BCUT2D eigenvalue weighted by Crippen LogP contribution is -1.87. The topological polar surface area (TPSA) is 12.5 Å². The van der Waals surface area contributed by atoms with Gasteiger partial charge in [0.2, 0.25) is 0 Å². The quantitative estimate of drug-likeness (QED) is 0.337. The molecule has 0 N–H and O–H groups in total. The molecular formula is C4H9OP. The summed E-state index contributed by atoms with van der Waals surface area (Å²) < 4.78 is 5.17. The lowest BCUT2D eigenvalue weighted by atomic mass is 10.5. The fourth-order valence-corrected chi connectivity index (χ4v) is 1.19. The minimum Gasteiger partial charge on any atom is -0.344 e. The van der Waals surface area contributed by atoms with Crippen LogP contribution >= 0.6 is 8.15 Å². The first kappa shape index (κ1) is 4.55. The lowest BCUT2D eigenvalue weighted by Gasteiger charge is -1.83. The summed E-state index contributed by atoms with van der Waals surface area (Å²) in [5.41, 5.74) is 0. The van der Waals surface area contributed by atoms with Gasteiger partial charge in [0.15, 0.2) is 0 Å². The van der Waals surface area contributed by atoms with Crippen molar-refractivity contribution in [3.8, 4) is 0 Å².